The minimum absolute atomic E-state index is 0.0138. The lowest BCUT2D eigenvalue weighted by molar-refractivity contribution is 0.0949. The van der Waals surface area contributed by atoms with Gasteiger partial charge in [-0.05, 0) is 31.4 Å². The van der Waals surface area contributed by atoms with Crippen molar-refractivity contribution in [3.8, 4) is 0 Å². The molecule has 0 bridgehead atoms. The molecule has 1 aliphatic carbocycles. The van der Waals surface area contributed by atoms with E-state index >= 15 is 0 Å². The maximum atomic E-state index is 13.5. The Labute approximate surface area is 149 Å². The first-order chi connectivity index (χ1) is 11.9. The number of carbonyl (C=O) groups excluding carboxylic acids is 1. The van der Waals surface area contributed by atoms with E-state index in [0.29, 0.717) is 6.42 Å². The van der Waals surface area contributed by atoms with Gasteiger partial charge in [0, 0.05) is 26.2 Å². The van der Waals surface area contributed by atoms with Crippen molar-refractivity contribution in [2.24, 2.45) is 0 Å². The number of amides is 1. The number of hydrogen-bond donors (Lipinski definition) is 2. The summed E-state index contributed by atoms with van der Waals surface area (Å²) in [6.07, 6.45) is 5.52. The van der Waals surface area contributed by atoms with Gasteiger partial charge in [0.05, 0.1) is 5.56 Å². The first kappa shape index (κ1) is 19.8. The van der Waals surface area contributed by atoms with Crippen molar-refractivity contribution in [3.63, 3.8) is 0 Å². The highest BCUT2D eigenvalue weighted by Gasteiger charge is 2.26. The van der Waals surface area contributed by atoms with E-state index in [1.54, 1.807) is 13.1 Å². The summed E-state index contributed by atoms with van der Waals surface area (Å²) < 4.78 is 42.0. The molecule has 8 heteroatoms. The van der Waals surface area contributed by atoms with Gasteiger partial charge >= 0.3 is 0 Å². The zero-order valence-electron chi connectivity index (χ0n) is 14.5. The quantitative estimate of drug-likeness (QED) is 0.687. The van der Waals surface area contributed by atoms with E-state index in [9.17, 15) is 17.6 Å². The van der Waals surface area contributed by atoms with Crippen LogP contribution in [0.15, 0.2) is 24.3 Å². The van der Waals surface area contributed by atoms with Crippen molar-refractivity contribution in [1.82, 2.24) is 14.3 Å². The van der Waals surface area contributed by atoms with E-state index in [4.69, 9.17) is 0 Å². The molecule has 2 rings (SSSR count). The van der Waals surface area contributed by atoms with Gasteiger partial charge in [0.25, 0.3) is 16.1 Å². The molecule has 0 atom stereocenters. The molecule has 0 unspecified atom stereocenters. The van der Waals surface area contributed by atoms with Crippen LogP contribution in [-0.2, 0) is 10.2 Å². The molecule has 1 saturated carbocycles. The highest BCUT2D eigenvalue weighted by Crippen LogP contribution is 2.22. The van der Waals surface area contributed by atoms with E-state index in [1.165, 1.54) is 28.9 Å². The second-order valence-corrected chi connectivity index (χ2v) is 8.11. The lowest BCUT2D eigenvalue weighted by Gasteiger charge is -2.30. The molecule has 1 aliphatic rings. The van der Waals surface area contributed by atoms with Crippen LogP contribution in [0.1, 0.15) is 48.9 Å². The summed E-state index contributed by atoms with van der Waals surface area (Å²) in [4.78, 5) is 11.8. The van der Waals surface area contributed by atoms with Crippen molar-refractivity contribution < 1.29 is 17.6 Å². The summed E-state index contributed by atoms with van der Waals surface area (Å²) in [5.74, 6) is -1.07. The van der Waals surface area contributed by atoms with Gasteiger partial charge in [-0.1, -0.05) is 31.4 Å². The summed E-state index contributed by atoms with van der Waals surface area (Å²) in [6.45, 7) is 0.486. The average molecular weight is 371 g/mol. The Kier molecular flexibility index (Phi) is 7.34. The second kappa shape index (κ2) is 9.26. The molecular formula is C17H26FN3O3S. The molecule has 1 amide bonds. The average Bonchev–Trinajstić information content (AvgIpc) is 2.61. The summed E-state index contributed by atoms with van der Waals surface area (Å²) >= 11 is 0. The number of halogens is 1. The van der Waals surface area contributed by atoms with E-state index < -0.39 is 21.9 Å². The molecule has 0 aromatic heterocycles. The predicted octanol–water partition coefficient (Wildman–Crippen LogP) is 2.04. The van der Waals surface area contributed by atoms with Crippen LogP contribution in [0.5, 0.6) is 0 Å². The second-order valence-electron chi connectivity index (χ2n) is 6.30. The van der Waals surface area contributed by atoms with Gasteiger partial charge in [0.15, 0.2) is 0 Å². The lowest BCUT2D eigenvalue weighted by Crippen LogP contribution is -2.45. The maximum Gasteiger partial charge on any atom is 0.279 e. The zero-order valence-corrected chi connectivity index (χ0v) is 15.3. The smallest absolute Gasteiger partial charge is 0.279 e. The third kappa shape index (κ3) is 5.76. The third-order valence-corrected chi connectivity index (χ3v) is 6.14. The summed E-state index contributed by atoms with van der Waals surface area (Å²) in [7, 11) is -1.90. The molecule has 1 aromatic carbocycles. The van der Waals surface area contributed by atoms with Gasteiger partial charge in [-0.3, -0.25) is 4.79 Å². The molecule has 0 saturated heterocycles. The molecule has 6 nitrogen and oxygen atoms in total. The minimum Gasteiger partial charge on any atom is -0.352 e. The number of nitrogens with zero attached hydrogens (tertiary/aromatic N) is 1. The monoisotopic (exact) mass is 371 g/mol. The molecule has 140 valence electrons. The molecule has 0 spiro atoms. The molecule has 0 heterocycles. The van der Waals surface area contributed by atoms with Crippen LogP contribution in [0.2, 0.25) is 0 Å². The summed E-state index contributed by atoms with van der Waals surface area (Å²) in [5, 5.41) is 2.59. The van der Waals surface area contributed by atoms with Crippen LogP contribution in [0, 0.1) is 5.82 Å². The topological polar surface area (TPSA) is 78.5 Å². The molecule has 2 N–H and O–H groups in total. The fraction of sp³-hybridized carbons (Fsp3) is 0.588. The van der Waals surface area contributed by atoms with Crippen LogP contribution in [0.4, 0.5) is 4.39 Å². The highest BCUT2D eigenvalue weighted by molar-refractivity contribution is 7.87. The van der Waals surface area contributed by atoms with Crippen LogP contribution < -0.4 is 10.0 Å². The molecular weight excluding hydrogens is 345 g/mol. The number of nitrogens with one attached hydrogen (secondary N) is 2. The van der Waals surface area contributed by atoms with Gasteiger partial charge in [-0.2, -0.15) is 12.7 Å². The highest BCUT2D eigenvalue weighted by atomic mass is 32.2. The Morgan fingerprint density at radius 3 is 2.56 bits per heavy atom. The fourth-order valence-electron chi connectivity index (χ4n) is 2.97. The lowest BCUT2D eigenvalue weighted by atomic mass is 9.96. The first-order valence-electron chi connectivity index (χ1n) is 8.67. The number of rotatable bonds is 8. The van der Waals surface area contributed by atoms with Gasteiger partial charge in [0.2, 0.25) is 0 Å². The van der Waals surface area contributed by atoms with Crippen LogP contribution >= 0.6 is 0 Å². The van der Waals surface area contributed by atoms with Crippen molar-refractivity contribution >= 4 is 16.1 Å². The van der Waals surface area contributed by atoms with Crippen molar-refractivity contribution in [2.45, 2.75) is 44.6 Å². The van der Waals surface area contributed by atoms with E-state index in [2.05, 4.69) is 10.0 Å². The zero-order chi connectivity index (χ0) is 18.3. The third-order valence-electron chi connectivity index (χ3n) is 4.51. The number of benzene rings is 1. The van der Waals surface area contributed by atoms with Gasteiger partial charge in [-0.25, -0.2) is 9.11 Å². The largest absolute Gasteiger partial charge is 0.352 e. The van der Waals surface area contributed by atoms with Gasteiger partial charge in [-0.15, -0.1) is 0 Å². The molecule has 25 heavy (non-hydrogen) atoms. The normalized spacial score (nSPS) is 16.1. The maximum absolute atomic E-state index is 13.5. The Morgan fingerprint density at radius 2 is 1.88 bits per heavy atom. The van der Waals surface area contributed by atoms with E-state index in [0.717, 1.165) is 25.7 Å². The van der Waals surface area contributed by atoms with Crippen LogP contribution in [0.25, 0.3) is 0 Å². The van der Waals surface area contributed by atoms with Gasteiger partial charge < -0.3 is 5.32 Å². The molecule has 0 radical (unpaired) electrons. The first-order valence-corrected chi connectivity index (χ1v) is 10.1. The predicted molar refractivity (Wildman–Crippen MR) is 94.9 cm³/mol. The Bertz CT molecular complexity index is 675. The van der Waals surface area contributed by atoms with Gasteiger partial charge in [0.1, 0.15) is 5.82 Å². The Hall–Kier alpha value is -1.51. The number of carbonyl (C=O) groups is 1. The SMILES string of the molecule is CN(C1CCCCC1)S(=O)(=O)NCCCNC(=O)c1ccccc1F. The van der Waals surface area contributed by atoms with Crippen LogP contribution in [0.3, 0.4) is 0 Å². The van der Waals surface area contributed by atoms with E-state index in [1.807, 2.05) is 0 Å². The van der Waals surface area contributed by atoms with Crippen molar-refractivity contribution in [2.75, 3.05) is 20.1 Å². The standard InChI is InChI=1S/C17H26FN3O3S/c1-21(14-8-3-2-4-9-14)25(23,24)20-13-7-12-19-17(22)15-10-5-6-11-16(15)18/h5-6,10-11,14,20H,2-4,7-9,12-13H2,1H3,(H,19,22). The minimum atomic E-state index is -3.51. The summed E-state index contributed by atoms with van der Waals surface area (Å²) in [6, 6.07) is 5.81. The Balaban J connectivity index is 1.71. The Morgan fingerprint density at radius 1 is 1.20 bits per heavy atom. The molecule has 1 fully saturated rings. The molecule has 1 aromatic rings. The van der Waals surface area contributed by atoms with E-state index in [-0.39, 0.29) is 24.7 Å². The van der Waals surface area contributed by atoms with Crippen molar-refractivity contribution in [3.05, 3.63) is 35.6 Å². The van der Waals surface area contributed by atoms with Crippen molar-refractivity contribution in [1.29, 1.82) is 0 Å². The number of hydrogen-bond acceptors (Lipinski definition) is 3. The fourth-order valence-corrected chi connectivity index (χ4v) is 4.18. The summed E-state index contributed by atoms with van der Waals surface area (Å²) in [5.41, 5.74) is -0.0138. The molecule has 0 aliphatic heterocycles. The van der Waals surface area contributed by atoms with Crippen LogP contribution in [-0.4, -0.2) is 44.8 Å².